The third kappa shape index (κ3) is 3.85. The van der Waals surface area contributed by atoms with Crippen LogP contribution in [-0.2, 0) is 6.54 Å². The van der Waals surface area contributed by atoms with E-state index in [1.807, 2.05) is 6.92 Å². The summed E-state index contributed by atoms with van der Waals surface area (Å²) >= 11 is 0. The van der Waals surface area contributed by atoms with Gasteiger partial charge in [0.25, 0.3) is 0 Å². The van der Waals surface area contributed by atoms with Crippen LogP contribution in [0.1, 0.15) is 26.5 Å². The summed E-state index contributed by atoms with van der Waals surface area (Å²) in [6.45, 7) is 6.43. The third-order valence-electron chi connectivity index (χ3n) is 3.73. The molecule has 0 radical (unpaired) electrons. The zero-order valence-electron chi connectivity index (χ0n) is 12.8. The largest absolute Gasteiger partial charge is 0.308 e. The lowest BCUT2D eigenvalue weighted by Gasteiger charge is -2.17. The first-order chi connectivity index (χ1) is 10.4. The van der Waals surface area contributed by atoms with Crippen molar-refractivity contribution < 1.29 is 13.2 Å². The molecule has 0 saturated heterocycles. The minimum Gasteiger partial charge on any atom is -0.308 e. The minimum atomic E-state index is -0.947. The summed E-state index contributed by atoms with van der Waals surface area (Å²) in [6.07, 6.45) is 0. The number of rotatable bonds is 5. The number of hydrogen-bond acceptors (Lipinski definition) is 2. The molecule has 0 spiro atoms. The van der Waals surface area contributed by atoms with Gasteiger partial charge in [0.05, 0.1) is 11.4 Å². The van der Waals surface area contributed by atoms with E-state index in [-0.39, 0.29) is 18.3 Å². The van der Waals surface area contributed by atoms with Crippen molar-refractivity contribution >= 4 is 0 Å². The zero-order chi connectivity index (χ0) is 16.3. The second kappa shape index (κ2) is 6.92. The van der Waals surface area contributed by atoms with Gasteiger partial charge in [-0.25, -0.2) is 18.2 Å². The summed E-state index contributed by atoms with van der Waals surface area (Å²) in [7, 11) is 0. The van der Waals surface area contributed by atoms with Crippen molar-refractivity contribution in [3.05, 3.63) is 53.5 Å². The van der Waals surface area contributed by atoms with Crippen molar-refractivity contribution in [2.45, 2.75) is 33.4 Å². The van der Waals surface area contributed by atoms with Crippen LogP contribution in [0.5, 0.6) is 0 Å². The first kappa shape index (κ1) is 16.5. The van der Waals surface area contributed by atoms with Gasteiger partial charge in [0, 0.05) is 18.2 Å². The fourth-order valence-corrected chi connectivity index (χ4v) is 1.92. The average molecular weight is 308 g/mol. The predicted octanol–water partition coefficient (Wildman–Crippen LogP) is 4.30. The second-order valence-corrected chi connectivity index (χ2v) is 5.67. The molecule has 22 heavy (non-hydrogen) atoms. The van der Waals surface area contributed by atoms with Crippen molar-refractivity contribution in [3.8, 4) is 11.3 Å². The Morgan fingerprint density at radius 2 is 1.64 bits per heavy atom. The van der Waals surface area contributed by atoms with Crippen molar-refractivity contribution in [2.75, 3.05) is 0 Å². The quantitative estimate of drug-likeness (QED) is 0.891. The number of nitrogens with one attached hydrogen (secondary N) is 1. The monoisotopic (exact) mass is 308 g/mol. The molecule has 0 aliphatic carbocycles. The summed E-state index contributed by atoms with van der Waals surface area (Å²) in [5.74, 6) is -1.87. The van der Waals surface area contributed by atoms with Crippen molar-refractivity contribution in [1.82, 2.24) is 10.3 Å². The summed E-state index contributed by atoms with van der Waals surface area (Å²) in [5, 5.41) is 3.20. The number of halogens is 3. The van der Waals surface area contributed by atoms with Gasteiger partial charge in [0.2, 0.25) is 0 Å². The van der Waals surface area contributed by atoms with E-state index in [0.717, 1.165) is 12.1 Å². The Balaban J connectivity index is 2.24. The van der Waals surface area contributed by atoms with Crippen LogP contribution in [-0.4, -0.2) is 11.0 Å². The lowest BCUT2D eigenvalue weighted by Crippen LogP contribution is -2.30. The molecule has 0 amide bonds. The molecule has 1 aromatic heterocycles. The maximum atomic E-state index is 13.8. The third-order valence-corrected chi connectivity index (χ3v) is 3.73. The maximum Gasteiger partial charge on any atom is 0.159 e. The molecule has 0 aliphatic rings. The van der Waals surface area contributed by atoms with E-state index in [1.165, 1.54) is 18.2 Å². The van der Waals surface area contributed by atoms with Crippen LogP contribution >= 0.6 is 0 Å². The van der Waals surface area contributed by atoms with Gasteiger partial charge in [-0.2, -0.15) is 0 Å². The smallest absolute Gasteiger partial charge is 0.159 e. The number of aromatic nitrogens is 1. The first-order valence-corrected chi connectivity index (χ1v) is 7.22. The summed E-state index contributed by atoms with van der Waals surface area (Å²) in [6, 6.07) is 6.48. The van der Waals surface area contributed by atoms with Crippen LogP contribution in [0.25, 0.3) is 11.3 Å². The van der Waals surface area contributed by atoms with Crippen LogP contribution in [0.15, 0.2) is 30.3 Å². The predicted molar refractivity (Wildman–Crippen MR) is 80.7 cm³/mol. The molecular formula is C17H19F3N2. The van der Waals surface area contributed by atoms with E-state index in [9.17, 15) is 13.2 Å². The van der Waals surface area contributed by atoms with E-state index < -0.39 is 17.5 Å². The maximum absolute atomic E-state index is 13.8. The van der Waals surface area contributed by atoms with Gasteiger partial charge in [0.15, 0.2) is 11.6 Å². The number of pyridine rings is 1. The Kier molecular flexibility index (Phi) is 5.19. The van der Waals surface area contributed by atoms with Gasteiger partial charge in [0.1, 0.15) is 5.82 Å². The molecule has 1 aromatic carbocycles. The molecule has 2 aromatic rings. The Morgan fingerprint density at radius 1 is 0.955 bits per heavy atom. The molecule has 1 N–H and O–H groups in total. The fourth-order valence-electron chi connectivity index (χ4n) is 1.92. The van der Waals surface area contributed by atoms with Gasteiger partial charge in [-0.1, -0.05) is 13.8 Å². The van der Waals surface area contributed by atoms with Crippen molar-refractivity contribution in [3.63, 3.8) is 0 Å². The van der Waals surface area contributed by atoms with E-state index in [2.05, 4.69) is 24.1 Å². The second-order valence-electron chi connectivity index (χ2n) is 5.67. The number of nitrogens with zero attached hydrogens (tertiary/aromatic N) is 1. The number of hydrogen-bond donors (Lipinski definition) is 1. The fraction of sp³-hybridized carbons (Fsp3) is 0.353. The van der Waals surface area contributed by atoms with Crippen molar-refractivity contribution in [2.24, 2.45) is 5.92 Å². The molecule has 118 valence electrons. The molecule has 2 nitrogen and oxygen atoms in total. The standard InChI is InChI=1S/C17H19F3N2/c1-10(2)11(3)21-9-17-14(19)6-7-16(22-17)12-4-5-13(18)15(20)8-12/h4-8,10-11,21H,9H2,1-3H3/t11-/m1/s1. The Bertz CT molecular complexity index is 656. The highest BCUT2D eigenvalue weighted by molar-refractivity contribution is 5.59. The van der Waals surface area contributed by atoms with E-state index >= 15 is 0 Å². The lowest BCUT2D eigenvalue weighted by atomic mass is 10.1. The summed E-state index contributed by atoms with van der Waals surface area (Å²) < 4.78 is 40.1. The molecule has 1 atom stereocenters. The van der Waals surface area contributed by atoms with Gasteiger partial charge >= 0.3 is 0 Å². The Hall–Kier alpha value is -1.88. The summed E-state index contributed by atoms with van der Waals surface area (Å²) in [5.41, 5.74) is 1.08. The first-order valence-electron chi connectivity index (χ1n) is 7.22. The van der Waals surface area contributed by atoms with Crippen LogP contribution in [0.4, 0.5) is 13.2 Å². The highest BCUT2D eigenvalue weighted by Gasteiger charge is 2.12. The SMILES string of the molecule is CC(C)[C@@H](C)NCc1nc(-c2ccc(F)c(F)c2)ccc1F. The van der Waals surface area contributed by atoms with Gasteiger partial charge < -0.3 is 5.32 Å². The highest BCUT2D eigenvalue weighted by Crippen LogP contribution is 2.21. The molecule has 0 bridgehead atoms. The van der Waals surface area contributed by atoms with Gasteiger partial charge in [-0.15, -0.1) is 0 Å². The average Bonchev–Trinajstić information content (AvgIpc) is 2.48. The molecule has 0 unspecified atom stereocenters. The number of benzene rings is 1. The zero-order valence-corrected chi connectivity index (χ0v) is 12.8. The molecular weight excluding hydrogens is 289 g/mol. The molecule has 2 rings (SSSR count). The topological polar surface area (TPSA) is 24.9 Å². The summed E-state index contributed by atoms with van der Waals surface area (Å²) in [4.78, 5) is 4.22. The molecule has 0 aliphatic heterocycles. The van der Waals surface area contributed by atoms with Crippen molar-refractivity contribution in [1.29, 1.82) is 0 Å². The van der Waals surface area contributed by atoms with Crippen LogP contribution in [0.3, 0.4) is 0 Å². The van der Waals surface area contributed by atoms with Gasteiger partial charge in [-0.3, -0.25) is 0 Å². The van der Waals surface area contributed by atoms with Crippen LogP contribution in [0, 0.1) is 23.4 Å². The Labute approximate surface area is 128 Å². The molecule has 5 heteroatoms. The van der Waals surface area contributed by atoms with Gasteiger partial charge in [-0.05, 0) is 43.2 Å². The van der Waals surface area contributed by atoms with E-state index in [0.29, 0.717) is 17.2 Å². The van der Waals surface area contributed by atoms with Crippen LogP contribution < -0.4 is 5.32 Å². The molecule has 0 fully saturated rings. The van der Waals surface area contributed by atoms with E-state index in [4.69, 9.17) is 0 Å². The highest BCUT2D eigenvalue weighted by atomic mass is 19.2. The lowest BCUT2D eigenvalue weighted by molar-refractivity contribution is 0.418. The minimum absolute atomic E-state index is 0.216. The Morgan fingerprint density at radius 3 is 2.27 bits per heavy atom. The molecule has 1 heterocycles. The van der Waals surface area contributed by atoms with E-state index in [1.54, 1.807) is 0 Å². The molecule has 0 saturated carbocycles. The normalized spacial score (nSPS) is 12.7. The van der Waals surface area contributed by atoms with Crippen LogP contribution in [0.2, 0.25) is 0 Å².